The first-order chi connectivity index (χ1) is 15.5. The third-order valence-corrected chi connectivity index (χ3v) is 5.21. The second kappa shape index (κ2) is 9.16. The second-order valence-electron chi connectivity index (χ2n) is 6.96. The fraction of sp³-hybridized carbons (Fsp3) is 0.120. The number of carbonyl (C=O) groups excluding carboxylic acids is 2. The first-order valence-corrected chi connectivity index (χ1v) is 10.4. The molecule has 3 aromatic carbocycles. The summed E-state index contributed by atoms with van der Waals surface area (Å²) in [4.78, 5) is 28.1. The van der Waals surface area contributed by atoms with Crippen molar-refractivity contribution in [3.8, 4) is 11.5 Å². The summed E-state index contributed by atoms with van der Waals surface area (Å²) in [6.45, 7) is 2.41. The number of carbonyl (C=O) groups is 2. The number of imide groups is 1. The Balaban J connectivity index is 1.79. The van der Waals surface area contributed by atoms with Crippen molar-refractivity contribution < 1.29 is 19.1 Å². The summed E-state index contributed by atoms with van der Waals surface area (Å²) >= 11 is 6.16. The first kappa shape index (κ1) is 21.5. The quantitative estimate of drug-likeness (QED) is 0.506. The summed E-state index contributed by atoms with van der Waals surface area (Å²) in [7, 11) is 1.52. The van der Waals surface area contributed by atoms with Gasteiger partial charge in [0, 0.05) is 5.02 Å². The van der Waals surface area contributed by atoms with Gasteiger partial charge in [0.05, 0.1) is 30.7 Å². The highest BCUT2D eigenvalue weighted by molar-refractivity contribution is 6.46. The molecule has 0 aromatic heterocycles. The summed E-state index contributed by atoms with van der Waals surface area (Å²) in [5.41, 5.74) is 1.98. The van der Waals surface area contributed by atoms with Crippen LogP contribution in [0.25, 0.3) is 5.57 Å². The first-order valence-electron chi connectivity index (χ1n) is 10.1. The number of anilines is 2. The summed E-state index contributed by atoms with van der Waals surface area (Å²) in [5.74, 6) is 0.261. The van der Waals surface area contributed by atoms with Crippen molar-refractivity contribution in [1.29, 1.82) is 0 Å². The average molecular weight is 449 g/mol. The number of halogens is 1. The van der Waals surface area contributed by atoms with Crippen LogP contribution in [-0.4, -0.2) is 25.5 Å². The van der Waals surface area contributed by atoms with Crippen LogP contribution in [0.2, 0.25) is 5.02 Å². The minimum atomic E-state index is -0.472. The van der Waals surface area contributed by atoms with Crippen molar-refractivity contribution >= 4 is 40.4 Å². The van der Waals surface area contributed by atoms with Crippen molar-refractivity contribution in [2.24, 2.45) is 0 Å². The molecule has 32 heavy (non-hydrogen) atoms. The Morgan fingerprint density at radius 1 is 0.938 bits per heavy atom. The average Bonchev–Trinajstić information content (AvgIpc) is 3.05. The predicted molar refractivity (Wildman–Crippen MR) is 125 cm³/mol. The van der Waals surface area contributed by atoms with E-state index in [1.165, 1.54) is 7.11 Å². The minimum absolute atomic E-state index is 0.149. The molecule has 0 unspecified atom stereocenters. The molecule has 162 valence electrons. The van der Waals surface area contributed by atoms with Crippen LogP contribution in [0.1, 0.15) is 12.5 Å². The lowest BCUT2D eigenvalue weighted by molar-refractivity contribution is -0.120. The number of ether oxygens (including phenoxy) is 2. The third-order valence-electron chi connectivity index (χ3n) is 4.97. The third kappa shape index (κ3) is 4.05. The molecular formula is C25H21ClN2O4. The molecule has 0 saturated carbocycles. The largest absolute Gasteiger partial charge is 0.495 e. The molecule has 0 aliphatic carbocycles. The van der Waals surface area contributed by atoms with Crippen LogP contribution in [0, 0.1) is 0 Å². The van der Waals surface area contributed by atoms with Crippen molar-refractivity contribution in [1.82, 2.24) is 0 Å². The molecule has 0 radical (unpaired) electrons. The van der Waals surface area contributed by atoms with Crippen LogP contribution in [-0.2, 0) is 9.59 Å². The Morgan fingerprint density at radius 3 is 2.31 bits per heavy atom. The van der Waals surface area contributed by atoms with Gasteiger partial charge in [0.2, 0.25) is 0 Å². The van der Waals surface area contributed by atoms with Gasteiger partial charge in [-0.15, -0.1) is 0 Å². The Bertz CT molecular complexity index is 1190. The Hall–Kier alpha value is -3.77. The van der Waals surface area contributed by atoms with Gasteiger partial charge in [-0.25, -0.2) is 4.90 Å². The maximum atomic E-state index is 13.5. The minimum Gasteiger partial charge on any atom is -0.495 e. The van der Waals surface area contributed by atoms with E-state index in [1.54, 1.807) is 54.6 Å². The lowest BCUT2D eigenvalue weighted by Gasteiger charge is -2.16. The zero-order valence-electron chi connectivity index (χ0n) is 17.6. The zero-order chi connectivity index (χ0) is 22.7. The summed E-state index contributed by atoms with van der Waals surface area (Å²) in [5, 5.41) is 3.56. The maximum Gasteiger partial charge on any atom is 0.282 e. The van der Waals surface area contributed by atoms with Gasteiger partial charge < -0.3 is 14.8 Å². The molecule has 1 aliphatic heterocycles. The lowest BCUT2D eigenvalue weighted by Crippen LogP contribution is -2.32. The van der Waals surface area contributed by atoms with Gasteiger partial charge in [-0.2, -0.15) is 0 Å². The van der Waals surface area contributed by atoms with Crippen LogP contribution in [0.4, 0.5) is 11.4 Å². The van der Waals surface area contributed by atoms with E-state index in [1.807, 2.05) is 25.1 Å². The molecule has 1 aliphatic rings. The van der Waals surface area contributed by atoms with Crippen LogP contribution in [0.15, 0.2) is 78.5 Å². The molecule has 1 heterocycles. The van der Waals surface area contributed by atoms with Gasteiger partial charge in [0.25, 0.3) is 11.8 Å². The van der Waals surface area contributed by atoms with Crippen LogP contribution < -0.4 is 19.7 Å². The van der Waals surface area contributed by atoms with Crippen LogP contribution >= 0.6 is 11.6 Å². The fourth-order valence-corrected chi connectivity index (χ4v) is 3.70. The number of rotatable bonds is 7. The van der Waals surface area contributed by atoms with E-state index in [9.17, 15) is 9.59 Å². The van der Waals surface area contributed by atoms with Gasteiger partial charge in [-0.3, -0.25) is 9.59 Å². The highest BCUT2D eigenvalue weighted by Crippen LogP contribution is 2.36. The maximum absolute atomic E-state index is 13.5. The smallest absolute Gasteiger partial charge is 0.282 e. The normalized spacial score (nSPS) is 13.5. The molecule has 3 aromatic rings. The van der Waals surface area contributed by atoms with Gasteiger partial charge in [-0.1, -0.05) is 41.9 Å². The van der Waals surface area contributed by atoms with Gasteiger partial charge in [0.15, 0.2) is 0 Å². The lowest BCUT2D eigenvalue weighted by atomic mass is 10.0. The summed E-state index contributed by atoms with van der Waals surface area (Å²) in [6, 6.07) is 20.9. The molecule has 2 amide bonds. The molecule has 0 spiro atoms. The number of nitrogens with zero attached hydrogens (tertiary/aromatic N) is 1. The van der Waals surface area contributed by atoms with E-state index in [-0.39, 0.29) is 11.3 Å². The number of nitrogens with one attached hydrogen (secondary N) is 1. The topological polar surface area (TPSA) is 67.9 Å². The summed E-state index contributed by atoms with van der Waals surface area (Å²) < 4.78 is 10.9. The molecular weight excluding hydrogens is 428 g/mol. The predicted octanol–water partition coefficient (Wildman–Crippen LogP) is 5.14. The molecule has 1 N–H and O–H groups in total. The van der Waals surface area contributed by atoms with Gasteiger partial charge in [-0.05, 0) is 55.0 Å². The number of benzene rings is 3. The van der Waals surface area contributed by atoms with E-state index >= 15 is 0 Å². The molecule has 0 atom stereocenters. The summed E-state index contributed by atoms with van der Waals surface area (Å²) in [6.07, 6.45) is 0. The Morgan fingerprint density at radius 2 is 1.66 bits per heavy atom. The molecule has 0 bridgehead atoms. The monoisotopic (exact) mass is 448 g/mol. The SMILES string of the molecule is CCOc1ccc(N2C(=O)C(Nc3cc(Cl)ccc3OC)=C(c3ccccc3)C2=O)cc1. The van der Waals surface area contributed by atoms with E-state index in [4.69, 9.17) is 21.1 Å². The zero-order valence-corrected chi connectivity index (χ0v) is 18.3. The van der Waals surface area contributed by atoms with Gasteiger partial charge >= 0.3 is 0 Å². The Labute approximate surface area is 191 Å². The number of methoxy groups -OCH3 is 1. The Kier molecular flexibility index (Phi) is 6.14. The number of amides is 2. The highest BCUT2D eigenvalue weighted by atomic mass is 35.5. The molecule has 0 fully saturated rings. The van der Waals surface area contributed by atoms with Crippen molar-refractivity contribution in [2.45, 2.75) is 6.92 Å². The highest BCUT2D eigenvalue weighted by Gasteiger charge is 2.40. The van der Waals surface area contributed by atoms with Gasteiger partial charge in [0.1, 0.15) is 17.2 Å². The standard InChI is InChI=1S/C25H21ClN2O4/c1-3-32-19-12-10-18(11-13-19)28-24(29)22(16-7-5-4-6-8-16)23(25(28)30)27-20-15-17(26)9-14-21(20)31-2/h4-15,27H,3H2,1-2H3. The van der Waals surface area contributed by atoms with Crippen molar-refractivity contribution in [2.75, 3.05) is 23.9 Å². The number of hydrogen-bond acceptors (Lipinski definition) is 5. The fourth-order valence-electron chi connectivity index (χ4n) is 3.52. The molecule has 0 saturated heterocycles. The van der Waals surface area contributed by atoms with E-state index in [0.29, 0.717) is 40.1 Å². The van der Waals surface area contributed by atoms with Crippen LogP contribution in [0.5, 0.6) is 11.5 Å². The van der Waals surface area contributed by atoms with E-state index < -0.39 is 11.8 Å². The molecule has 4 rings (SSSR count). The van der Waals surface area contributed by atoms with E-state index in [0.717, 1.165) is 4.90 Å². The van der Waals surface area contributed by atoms with Crippen LogP contribution in [0.3, 0.4) is 0 Å². The van der Waals surface area contributed by atoms with E-state index in [2.05, 4.69) is 5.32 Å². The van der Waals surface area contributed by atoms with Crippen molar-refractivity contribution in [3.05, 3.63) is 89.1 Å². The number of hydrogen-bond donors (Lipinski definition) is 1. The second-order valence-corrected chi connectivity index (χ2v) is 7.39. The molecule has 7 heteroatoms. The molecule has 6 nitrogen and oxygen atoms in total. The van der Waals surface area contributed by atoms with Crippen molar-refractivity contribution in [3.63, 3.8) is 0 Å².